The van der Waals surface area contributed by atoms with Crippen molar-refractivity contribution in [2.45, 2.75) is 38.9 Å². The van der Waals surface area contributed by atoms with E-state index in [1.165, 1.54) is 12.3 Å². The summed E-state index contributed by atoms with van der Waals surface area (Å²) in [5, 5.41) is 11.5. The number of hydrogen-bond acceptors (Lipinski definition) is 3. The topological polar surface area (TPSA) is 87.2 Å². The smallest absolute Gasteiger partial charge is 0.419 e. The molecule has 9 heteroatoms. The van der Waals surface area contributed by atoms with Crippen molar-refractivity contribution in [2.75, 3.05) is 6.61 Å². The van der Waals surface area contributed by atoms with E-state index >= 15 is 0 Å². The predicted molar refractivity (Wildman–Crippen MR) is 111 cm³/mol. The highest BCUT2D eigenvalue weighted by atomic mass is 19.4. The van der Waals surface area contributed by atoms with Crippen LogP contribution in [0, 0.1) is 5.92 Å². The number of H-pyrrole nitrogens is 1. The average molecular weight is 435 g/mol. The number of rotatable bonds is 7. The lowest BCUT2D eigenvalue weighted by Gasteiger charge is -2.31. The Morgan fingerprint density at radius 3 is 2.65 bits per heavy atom. The third kappa shape index (κ3) is 5.28. The fourth-order valence-corrected chi connectivity index (χ4v) is 3.79. The SMILES string of the molecule is CC(C)CC(C)(COc1ccc(-c2ccnc3cc[nH]c23)cc1C(F)(F)F)NC(=O)O. The van der Waals surface area contributed by atoms with Crippen LogP contribution in [0.2, 0.25) is 0 Å². The number of nitrogens with one attached hydrogen (secondary N) is 2. The van der Waals surface area contributed by atoms with Gasteiger partial charge in [-0.2, -0.15) is 13.2 Å². The van der Waals surface area contributed by atoms with Crippen molar-refractivity contribution in [3.05, 3.63) is 48.3 Å². The zero-order valence-corrected chi connectivity index (χ0v) is 17.4. The maximum Gasteiger partial charge on any atom is 0.419 e. The number of pyridine rings is 1. The molecule has 0 aliphatic carbocycles. The van der Waals surface area contributed by atoms with Gasteiger partial charge in [-0.05, 0) is 49.1 Å². The molecule has 3 rings (SSSR count). The number of hydrogen-bond donors (Lipinski definition) is 3. The van der Waals surface area contributed by atoms with Crippen molar-refractivity contribution in [3.63, 3.8) is 0 Å². The second-order valence-electron chi connectivity index (χ2n) is 8.18. The largest absolute Gasteiger partial charge is 0.491 e. The molecule has 166 valence electrons. The van der Waals surface area contributed by atoms with Crippen molar-refractivity contribution in [1.82, 2.24) is 15.3 Å². The molecule has 0 aliphatic rings. The van der Waals surface area contributed by atoms with Gasteiger partial charge in [-0.3, -0.25) is 4.98 Å². The summed E-state index contributed by atoms with van der Waals surface area (Å²) in [4.78, 5) is 18.4. The molecular weight excluding hydrogens is 411 g/mol. The highest BCUT2D eigenvalue weighted by Crippen LogP contribution is 2.40. The lowest BCUT2D eigenvalue weighted by atomic mass is 9.91. The number of alkyl halides is 3. The highest BCUT2D eigenvalue weighted by Gasteiger charge is 2.36. The zero-order chi connectivity index (χ0) is 22.8. The van der Waals surface area contributed by atoms with Gasteiger partial charge >= 0.3 is 12.3 Å². The summed E-state index contributed by atoms with van der Waals surface area (Å²) in [7, 11) is 0. The van der Waals surface area contributed by atoms with Crippen molar-refractivity contribution in [3.8, 4) is 16.9 Å². The first-order chi connectivity index (χ1) is 14.5. The van der Waals surface area contributed by atoms with Crippen LogP contribution in [-0.4, -0.2) is 33.3 Å². The number of aromatic amines is 1. The molecule has 2 heterocycles. The van der Waals surface area contributed by atoms with E-state index in [4.69, 9.17) is 9.84 Å². The Hall–Kier alpha value is -3.23. The van der Waals surface area contributed by atoms with Crippen LogP contribution in [0.15, 0.2) is 42.7 Å². The van der Waals surface area contributed by atoms with E-state index in [9.17, 15) is 18.0 Å². The standard InChI is InChI=1S/C22H24F3N3O3/c1-13(2)11-21(3,28-20(29)30)12-31-18-5-4-14(10-16(18)22(23,24)25)15-6-8-26-17-7-9-27-19(15)17/h4-10,13,27-28H,11-12H2,1-3H3,(H,29,30). The van der Waals surface area contributed by atoms with Gasteiger partial charge in [0.05, 0.1) is 22.1 Å². The van der Waals surface area contributed by atoms with E-state index in [1.807, 2.05) is 13.8 Å². The molecule has 0 saturated heterocycles. The van der Waals surface area contributed by atoms with Crippen molar-refractivity contribution in [1.29, 1.82) is 0 Å². The van der Waals surface area contributed by atoms with Gasteiger partial charge in [0.1, 0.15) is 12.4 Å². The van der Waals surface area contributed by atoms with Crippen LogP contribution >= 0.6 is 0 Å². The monoisotopic (exact) mass is 435 g/mol. The zero-order valence-electron chi connectivity index (χ0n) is 17.4. The lowest BCUT2D eigenvalue weighted by molar-refractivity contribution is -0.139. The third-order valence-corrected chi connectivity index (χ3v) is 4.86. The van der Waals surface area contributed by atoms with E-state index in [0.29, 0.717) is 28.6 Å². The number of amides is 1. The fraction of sp³-hybridized carbons (Fsp3) is 0.364. The maximum atomic E-state index is 13.8. The molecule has 3 aromatic rings. The number of benzene rings is 1. The van der Waals surface area contributed by atoms with E-state index < -0.39 is 23.4 Å². The van der Waals surface area contributed by atoms with E-state index in [-0.39, 0.29) is 18.3 Å². The Balaban J connectivity index is 1.96. The lowest BCUT2D eigenvalue weighted by Crippen LogP contribution is -2.50. The Labute approximate surface area is 177 Å². The molecule has 2 aromatic heterocycles. The molecule has 0 bridgehead atoms. The third-order valence-electron chi connectivity index (χ3n) is 4.86. The molecule has 1 unspecified atom stereocenters. The van der Waals surface area contributed by atoms with Gasteiger partial charge in [-0.1, -0.05) is 19.9 Å². The van der Waals surface area contributed by atoms with Crippen LogP contribution in [0.1, 0.15) is 32.8 Å². The molecule has 31 heavy (non-hydrogen) atoms. The second kappa shape index (κ2) is 8.49. The van der Waals surface area contributed by atoms with Crippen molar-refractivity contribution < 1.29 is 27.8 Å². The van der Waals surface area contributed by atoms with Gasteiger partial charge < -0.3 is 20.1 Å². The van der Waals surface area contributed by atoms with Crippen LogP contribution in [-0.2, 0) is 6.18 Å². The minimum Gasteiger partial charge on any atom is -0.491 e. The number of halogens is 3. The first kappa shape index (κ1) is 22.5. The van der Waals surface area contributed by atoms with Crippen LogP contribution in [0.5, 0.6) is 5.75 Å². The van der Waals surface area contributed by atoms with Gasteiger partial charge in [-0.15, -0.1) is 0 Å². The highest BCUT2D eigenvalue weighted by molar-refractivity contribution is 5.91. The first-order valence-corrected chi connectivity index (χ1v) is 9.76. The molecule has 0 fully saturated rings. The molecule has 6 nitrogen and oxygen atoms in total. The number of ether oxygens (including phenoxy) is 1. The summed E-state index contributed by atoms with van der Waals surface area (Å²) in [5.74, 6) is -0.241. The summed E-state index contributed by atoms with van der Waals surface area (Å²) in [5.41, 5.74) is 0.273. The van der Waals surface area contributed by atoms with Crippen LogP contribution < -0.4 is 10.1 Å². The van der Waals surface area contributed by atoms with E-state index in [0.717, 1.165) is 6.07 Å². The number of carbonyl (C=O) groups is 1. The molecule has 0 saturated carbocycles. The predicted octanol–water partition coefficient (Wildman–Crippen LogP) is 5.70. The van der Waals surface area contributed by atoms with Gasteiger partial charge in [0, 0.05) is 18.0 Å². The minimum absolute atomic E-state index is 0.111. The quantitative estimate of drug-likeness (QED) is 0.444. The molecule has 0 radical (unpaired) electrons. The Bertz CT molecular complexity index is 1080. The molecule has 1 atom stereocenters. The van der Waals surface area contributed by atoms with Crippen LogP contribution in [0.4, 0.5) is 18.0 Å². The van der Waals surface area contributed by atoms with E-state index in [2.05, 4.69) is 15.3 Å². The first-order valence-electron chi connectivity index (χ1n) is 9.76. The molecule has 3 N–H and O–H groups in total. The molecule has 1 amide bonds. The van der Waals surface area contributed by atoms with E-state index in [1.54, 1.807) is 31.3 Å². The van der Waals surface area contributed by atoms with Gasteiger partial charge in [0.25, 0.3) is 0 Å². The number of aromatic nitrogens is 2. The Kier molecular flexibility index (Phi) is 6.15. The summed E-state index contributed by atoms with van der Waals surface area (Å²) < 4.78 is 47.0. The summed E-state index contributed by atoms with van der Waals surface area (Å²) >= 11 is 0. The van der Waals surface area contributed by atoms with Gasteiger partial charge in [0.2, 0.25) is 0 Å². The second-order valence-corrected chi connectivity index (χ2v) is 8.18. The minimum atomic E-state index is -4.65. The van der Waals surface area contributed by atoms with Crippen molar-refractivity contribution >= 4 is 17.1 Å². The summed E-state index contributed by atoms with van der Waals surface area (Å²) in [6, 6.07) is 7.24. The summed E-state index contributed by atoms with van der Waals surface area (Å²) in [6.07, 6.45) is -2.29. The Morgan fingerprint density at radius 1 is 1.26 bits per heavy atom. The average Bonchev–Trinajstić information content (AvgIpc) is 3.13. The molecule has 1 aromatic carbocycles. The Morgan fingerprint density at radius 2 is 2.00 bits per heavy atom. The van der Waals surface area contributed by atoms with Crippen LogP contribution in [0.3, 0.4) is 0 Å². The normalized spacial score (nSPS) is 13.9. The van der Waals surface area contributed by atoms with Gasteiger partial charge in [-0.25, -0.2) is 4.79 Å². The fourth-order valence-electron chi connectivity index (χ4n) is 3.79. The number of nitrogens with zero attached hydrogens (tertiary/aromatic N) is 1. The molecule has 0 spiro atoms. The molecule has 0 aliphatic heterocycles. The van der Waals surface area contributed by atoms with Crippen molar-refractivity contribution in [2.24, 2.45) is 5.92 Å². The molecular formula is C22H24F3N3O3. The maximum absolute atomic E-state index is 13.8. The number of fused-ring (bicyclic) bond motifs is 1. The number of carboxylic acid groups (broad SMARTS) is 1. The van der Waals surface area contributed by atoms with Gasteiger partial charge in [0.15, 0.2) is 0 Å². The van der Waals surface area contributed by atoms with Crippen LogP contribution in [0.25, 0.3) is 22.2 Å². The summed E-state index contributed by atoms with van der Waals surface area (Å²) in [6.45, 7) is 5.17.